The molecule has 0 heterocycles. The fraction of sp³-hybridized carbons (Fsp3) is 0.583. The lowest BCUT2D eigenvalue weighted by molar-refractivity contribution is -0.149. The van der Waals surface area contributed by atoms with Gasteiger partial charge in [0.2, 0.25) is 11.8 Å². The van der Waals surface area contributed by atoms with Gasteiger partial charge in [0.1, 0.15) is 12.1 Å². The second-order valence-corrected chi connectivity index (χ2v) is 8.24. The number of ether oxygens (including phenoxy) is 2. The summed E-state index contributed by atoms with van der Waals surface area (Å²) >= 11 is 0. The highest BCUT2D eigenvalue weighted by atomic mass is 19.2. The van der Waals surface area contributed by atoms with Gasteiger partial charge in [0, 0.05) is 12.3 Å². The molecule has 8 nitrogen and oxygen atoms in total. The Bertz CT molecular complexity index is 862. The molecule has 0 aliphatic rings. The molecular formula is C24H34F2N2O6. The first kappa shape index (κ1) is 29.0. The number of hydrogen-bond donors (Lipinski definition) is 2. The van der Waals surface area contributed by atoms with E-state index in [4.69, 9.17) is 9.47 Å². The lowest BCUT2D eigenvalue weighted by atomic mass is 9.97. The van der Waals surface area contributed by atoms with Crippen LogP contribution in [0.2, 0.25) is 0 Å². The molecule has 2 N–H and O–H groups in total. The third kappa shape index (κ3) is 9.44. The second kappa shape index (κ2) is 14.3. The van der Waals surface area contributed by atoms with Crippen LogP contribution in [0.15, 0.2) is 18.2 Å². The van der Waals surface area contributed by atoms with Crippen LogP contribution in [-0.2, 0) is 35.1 Å². The van der Waals surface area contributed by atoms with Gasteiger partial charge in [-0.2, -0.15) is 0 Å². The van der Waals surface area contributed by atoms with Gasteiger partial charge < -0.3 is 20.1 Å². The van der Waals surface area contributed by atoms with E-state index in [0.717, 1.165) is 12.1 Å². The van der Waals surface area contributed by atoms with Crippen molar-refractivity contribution in [1.82, 2.24) is 10.6 Å². The van der Waals surface area contributed by atoms with Crippen LogP contribution in [0, 0.1) is 23.5 Å². The van der Waals surface area contributed by atoms with Crippen LogP contribution < -0.4 is 10.6 Å². The Morgan fingerprint density at radius 1 is 0.912 bits per heavy atom. The fourth-order valence-electron chi connectivity index (χ4n) is 3.19. The van der Waals surface area contributed by atoms with Crippen molar-refractivity contribution in [2.24, 2.45) is 11.8 Å². The number of carbonyl (C=O) groups excluding carboxylic acids is 4. The summed E-state index contributed by atoms with van der Waals surface area (Å²) in [5, 5.41) is 5.22. The minimum atomic E-state index is -1.09. The molecule has 0 fully saturated rings. The van der Waals surface area contributed by atoms with E-state index >= 15 is 0 Å². The second-order valence-electron chi connectivity index (χ2n) is 8.24. The van der Waals surface area contributed by atoms with Crippen molar-refractivity contribution >= 4 is 23.8 Å². The molecule has 0 aliphatic heterocycles. The van der Waals surface area contributed by atoms with Crippen molar-refractivity contribution in [2.75, 3.05) is 13.2 Å². The van der Waals surface area contributed by atoms with Gasteiger partial charge in [-0.05, 0) is 50.3 Å². The summed E-state index contributed by atoms with van der Waals surface area (Å²) in [5.41, 5.74) is 0.438. The maximum atomic E-state index is 13.5. The summed E-state index contributed by atoms with van der Waals surface area (Å²) in [6.07, 6.45) is 0.0245. The molecule has 3 atom stereocenters. The highest BCUT2D eigenvalue weighted by molar-refractivity contribution is 5.91. The molecule has 190 valence electrons. The maximum absolute atomic E-state index is 13.5. The quantitative estimate of drug-likeness (QED) is 0.417. The highest BCUT2D eigenvalue weighted by Crippen LogP contribution is 2.14. The average Bonchev–Trinajstić information content (AvgIpc) is 2.77. The van der Waals surface area contributed by atoms with E-state index in [9.17, 15) is 28.0 Å². The summed E-state index contributed by atoms with van der Waals surface area (Å²) < 4.78 is 36.4. The Labute approximate surface area is 198 Å². The Kier molecular flexibility index (Phi) is 12.2. The van der Waals surface area contributed by atoms with Crippen LogP contribution in [0.5, 0.6) is 0 Å². The van der Waals surface area contributed by atoms with E-state index in [1.54, 1.807) is 34.6 Å². The molecule has 34 heavy (non-hydrogen) atoms. The van der Waals surface area contributed by atoms with Crippen molar-refractivity contribution in [1.29, 1.82) is 0 Å². The summed E-state index contributed by atoms with van der Waals surface area (Å²) in [6, 6.07) is 1.35. The van der Waals surface area contributed by atoms with Crippen molar-refractivity contribution < 1.29 is 37.4 Å². The van der Waals surface area contributed by atoms with E-state index in [1.807, 2.05) is 0 Å². The lowest BCUT2D eigenvalue weighted by Gasteiger charge is -2.26. The van der Waals surface area contributed by atoms with Crippen LogP contribution in [0.25, 0.3) is 0 Å². The predicted molar refractivity (Wildman–Crippen MR) is 120 cm³/mol. The molecule has 0 spiro atoms. The van der Waals surface area contributed by atoms with Gasteiger partial charge in [0.15, 0.2) is 11.6 Å². The Hall–Kier alpha value is -3.04. The smallest absolute Gasteiger partial charge is 0.328 e. The van der Waals surface area contributed by atoms with Crippen molar-refractivity contribution in [3.63, 3.8) is 0 Å². The number of amides is 2. The van der Waals surface area contributed by atoms with Gasteiger partial charge in [-0.1, -0.05) is 26.8 Å². The summed E-state index contributed by atoms with van der Waals surface area (Å²) in [7, 11) is 0. The first-order chi connectivity index (χ1) is 16.0. The zero-order chi connectivity index (χ0) is 25.8. The van der Waals surface area contributed by atoms with Crippen molar-refractivity contribution in [3.05, 3.63) is 35.4 Å². The van der Waals surface area contributed by atoms with Crippen LogP contribution in [0.1, 0.15) is 53.0 Å². The zero-order valence-electron chi connectivity index (χ0n) is 20.3. The third-order valence-corrected chi connectivity index (χ3v) is 5.05. The van der Waals surface area contributed by atoms with Gasteiger partial charge in [-0.15, -0.1) is 0 Å². The molecule has 0 radical (unpaired) electrons. The number of esters is 2. The van der Waals surface area contributed by atoms with Gasteiger partial charge in [-0.3, -0.25) is 14.4 Å². The predicted octanol–water partition coefficient (Wildman–Crippen LogP) is 2.68. The van der Waals surface area contributed by atoms with Crippen molar-refractivity contribution in [3.8, 4) is 0 Å². The number of nitrogens with one attached hydrogen (secondary N) is 2. The van der Waals surface area contributed by atoms with Crippen LogP contribution in [0.3, 0.4) is 0 Å². The first-order valence-corrected chi connectivity index (χ1v) is 11.4. The Morgan fingerprint density at radius 3 is 2.12 bits per heavy atom. The molecule has 0 aliphatic carbocycles. The topological polar surface area (TPSA) is 111 Å². The van der Waals surface area contributed by atoms with Gasteiger partial charge in [0.25, 0.3) is 0 Å². The number of halogens is 2. The van der Waals surface area contributed by atoms with Gasteiger partial charge >= 0.3 is 11.9 Å². The molecule has 0 saturated heterocycles. The molecule has 1 aromatic carbocycles. The molecule has 1 rings (SSSR count). The largest absolute Gasteiger partial charge is 0.466 e. The molecule has 0 aromatic heterocycles. The van der Waals surface area contributed by atoms with Crippen LogP contribution in [-0.4, -0.2) is 49.1 Å². The Morgan fingerprint density at radius 2 is 1.56 bits per heavy atom. The van der Waals surface area contributed by atoms with E-state index in [1.165, 1.54) is 6.07 Å². The van der Waals surface area contributed by atoms with Gasteiger partial charge in [0.05, 0.1) is 13.2 Å². The van der Waals surface area contributed by atoms with E-state index in [-0.39, 0.29) is 38.4 Å². The Balaban J connectivity index is 2.85. The lowest BCUT2D eigenvalue weighted by Crippen LogP contribution is -2.54. The third-order valence-electron chi connectivity index (χ3n) is 5.05. The molecule has 2 amide bonds. The molecule has 10 heteroatoms. The molecule has 0 saturated carbocycles. The first-order valence-electron chi connectivity index (χ1n) is 11.4. The minimum absolute atomic E-state index is 0.0191. The monoisotopic (exact) mass is 484 g/mol. The summed E-state index contributed by atoms with van der Waals surface area (Å²) in [5.74, 6) is -5.21. The normalized spacial score (nSPS) is 13.5. The summed E-state index contributed by atoms with van der Waals surface area (Å²) in [4.78, 5) is 49.6. The SMILES string of the molecule is CCOC(=O)CC[C@@H](NC(=O)[C@@H](NC(=O)[C@H](C)Cc1ccc(F)c(F)c1)C(C)C)C(=O)OCC. The number of hydrogen-bond acceptors (Lipinski definition) is 6. The van der Waals surface area contributed by atoms with E-state index in [2.05, 4.69) is 10.6 Å². The minimum Gasteiger partial charge on any atom is -0.466 e. The molecular weight excluding hydrogens is 450 g/mol. The van der Waals surface area contributed by atoms with Crippen LogP contribution in [0.4, 0.5) is 8.78 Å². The number of benzene rings is 1. The molecule has 1 aromatic rings. The molecule has 0 unspecified atom stereocenters. The average molecular weight is 485 g/mol. The van der Waals surface area contributed by atoms with Gasteiger partial charge in [-0.25, -0.2) is 13.6 Å². The standard InChI is InChI=1S/C24H34F2N2O6/c1-6-33-20(29)11-10-19(24(32)34-7-2)27-23(31)21(14(3)4)28-22(30)15(5)12-16-8-9-17(25)18(26)13-16/h8-9,13-15,19,21H,6-7,10-12H2,1-5H3,(H,27,31)(H,28,30)/t15-,19-,21+/m1/s1. The van der Waals surface area contributed by atoms with E-state index < -0.39 is 53.4 Å². The number of rotatable bonds is 13. The fourth-order valence-corrected chi connectivity index (χ4v) is 3.19. The van der Waals surface area contributed by atoms with Crippen LogP contribution >= 0.6 is 0 Å². The molecule has 0 bridgehead atoms. The van der Waals surface area contributed by atoms with E-state index in [0.29, 0.717) is 5.56 Å². The van der Waals surface area contributed by atoms with Crippen molar-refractivity contribution in [2.45, 2.75) is 66.0 Å². The zero-order valence-corrected chi connectivity index (χ0v) is 20.3. The number of carbonyl (C=O) groups is 4. The maximum Gasteiger partial charge on any atom is 0.328 e. The summed E-state index contributed by atoms with van der Waals surface area (Å²) in [6.45, 7) is 8.62. The highest BCUT2D eigenvalue weighted by Gasteiger charge is 2.31.